The van der Waals surface area contributed by atoms with Crippen molar-refractivity contribution in [1.82, 2.24) is 5.32 Å². The minimum Gasteiger partial charge on any atom is -0.353 e. The molecule has 1 aromatic rings. The summed E-state index contributed by atoms with van der Waals surface area (Å²) >= 11 is 0. The third kappa shape index (κ3) is 3.95. The first-order chi connectivity index (χ1) is 11.4. The Balaban J connectivity index is 1.59. The lowest BCUT2D eigenvalue weighted by Gasteiger charge is -2.20. The molecule has 6 nitrogen and oxygen atoms in total. The summed E-state index contributed by atoms with van der Waals surface area (Å²) in [5.74, 6) is 0.446. The topological polar surface area (TPSA) is 87.6 Å². The minimum atomic E-state index is -3.66. The average Bonchev–Trinajstić information content (AvgIpc) is 2.99. The van der Waals surface area contributed by atoms with Crippen LogP contribution in [0.15, 0.2) is 33.6 Å². The van der Waals surface area contributed by atoms with Crippen LogP contribution in [-0.2, 0) is 14.8 Å². The van der Waals surface area contributed by atoms with Crippen LogP contribution in [0.2, 0.25) is 0 Å². The Labute approximate surface area is 142 Å². The molecule has 1 aliphatic heterocycles. The first kappa shape index (κ1) is 17.0. The highest BCUT2D eigenvalue weighted by Gasteiger charge is 2.25. The van der Waals surface area contributed by atoms with Crippen LogP contribution in [-0.4, -0.2) is 26.2 Å². The number of amides is 1. The van der Waals surface area contributed by atoms with Crippen molar-refractivity contribution in [2.24, 2.45) is 10.3 Å². The average molecular weight is 349 g/mol. The number of benzene rings is 1. The number of nitrogens with zero attached hydrogens (tertiary/aromatic N) is 1. The van der Waals surface area contributed by atoms with Crippen molar-refractivity contribution in [3.8, 4) is 0 Å². The number of anilines is 1. The van der Waals surface area contributed by atoms with Gasteiger partial charge >= 0.3 is 0 Å². The molecule has 0 saturated heterocycles. The molecule has 0 radical (unpaired) electrons. The Hall–Kier alpha value is -1.89. The first-order valence-electron chi connectivity index (χ1n) is 8.43. The maximum absolute atomic E-state index is 12.2. The molecule has 1 heterocycles. The molecule has 0 unspecified atom stereocenters. The molecule has 3 rings (SSSR count). The van der Waals surface area contributed by atoms with Gasteiger partial charge in [0, 0.05) is 18.9 Å². The molecule has 130 valence electrons. The van der Waals surface area contributed by atoms with Crippen LogP contribution < -0.4 is 10.6 Å². The van der Waals surface area contributed by atoms with Gasteiger partial charge in [-0.25, -0.2) is 0 Å². The summed E-state index contributed by atoms with van der Waals surface area (Å²) in [5, 5.41) is 6.13. The van der Waals surface area contributed by atoms with Gasteiger partial charge in [0.25, 0.3) is 10.0 Å². The lowest BCUT2D eigenvalue weighted by atomic mass is 10.0. The molecule has 1 saturated carbocycles. The highest BCUT2D eigenvalue weighted by atomic mass is 32.2. The minimum absolute atomic E-state index is 0.0121. The summed E-state index contributed by atoms with van der Waals surface area (Å²) < 4.78 is 28.3. The smallest absolute Gasteiger partial charge is 0.286 e. The predicted molar refractivity (Wildman–Crippen MR) is 93.5 cm³/mol. The van der Waals surface area contributed by atoms with Crippen LogP contribution in [0, 0.1) is 5.92 Å². The number of rotatable bonds is 5. The zero-order valence-electron chi connectivity index (χ0n) is 13.8. The maximum atomic E-state index is 12.2. The molecule has 7 heteroatoms. The van der Waals surface area contributed by atoms with Crippen molar-refractivity contribution in [3.63, 3.8) is 0 Å². The monoisotopic (exact) mass is 349 g/mol. The number of carbonyl (C=O) groups excluding carboxylic acids is 1. The van der Waals surface area contributed by atoms with E-state index in [9.17, 15) is 13.2 Å². The normalized spacial score (nSPS) is 20.6. The maximum Gasteiger partial charge on any atom is 0.286 e. The van der Waals surface area contributed by atoms with Gasteiger partial charge in [-0.3, -0.25) is 4.79 Å². The number of sulfonamides is 1. The van der Waals surface area contributed by atoms with Crippen LogP contribution in [0.25, 0.3) is 0 Å². The highest BCUT2D eigenvalue weighted by molar-refractivity contribution is 7.90. The van der Waals surface area contributed by atoms with E-state index in [0.29, 0.717) is 30.4 Å². The highest BCUT2D eigenvalue weighted by Crippen LogP contribution is 2.28. The Morgan fingerprint density at radius 3 is 2.79 bits per heavy atom. The fraction of sp³-hybridized carbons (Fsp3) is 0.529. The Bertz CT molecular complexity index is 752. The molecule has 1 amide bonds. The van der Waals surface area contributed by atoms with Crippen LogP contribution in [0.5, 0.6) is 0 Å². The quantitative estimate of drug-likeness (QED) is 0.855. The van der Waals surface area contributed by atoms with Crippen LogP contribution >= 0.6 is 0 Å². The Kier molecular flexibility index (Phi) is 4.89. The third-order valence-electron chi connectivity index (χ3n) is 4.47. The molecule has 1 atom stereocenters. The Morgan fingerprint density at radius 1 is 1.33 bits per heavy atom. The summed E-state index contributed by atoms with van der Waals surface area (Å²) in [7, 11) is -3.66. The van der Waals surface area contributed by atoms with Crippen LogP contribution in [0.3, 0.4) is 0 Å². The number of fused-ring (bicyclic) bond motifs is 1. The number of nitrogens with one attached hydrogen (secondary N) is 2. The van der Waals surface area contributed by atoms with Gasteiger partial charge in [0.05, 0.1) is 5.69 Å². The molecule has 24 heavy (non-hydrogen) atoms. The van der Waals surface area contributed by atoms with E-state index in [2.05, 4.69) is 15.0 Å². The fourth-order valence-corrected chi connectivity index (χ4v) is 4.49. The number of amidine groups is 1. The lowest BCUT2D eigenvalue weighted by Crippen LogP contribution is -2.34. The SMILES string of the molecule is C[C@H](CC(=O)NC1CCCC1)CC1=NS(=O)(=O)c2ccccc2N1. The molecule has 1 aromatic carbocycles. The zero-order valence-corrected chi connectivity index (χ0v) is 14.6. The molecule has 0 aromatic heterocycles. The summed E-state index contributed by atoms with van der Waals surface area (Å²) in [6, 6.07) is 7.02. The molecular weight excluding hydrogens is 326 g/mol. The molecule has 0 spiro atoms. The van der Waals surface area contributed by atoms with E-state index < -0.39 is 10.0 Å². The standard InChI is InChI=1S/C17H23N3O3S/c1-12(11-17(21)18-13-6-2-3-7-13)10-16-19-14-8-4-5-9-15(14)24(22,23)20-16/h4-5,8-9,12-13H,2-3,6-7,10-11H2,1H3,(H,18,21)(H,19,20)/t12-/m0/s1. The molecule has 2 aliphatic rings. The van der Waals surface area contributed by atoms with Crippen LogP contribution in [0.1, 0.15) is 45.4 Å². The van der Waals surface area contributed by atoms with E-state index in [1.807, 2.05) is 6.92 Å². The van der Waals surface area contributed by atoms with E-state index >= 15 is 0 Å². The van der Waals surface area contributed by atoms with Gasteiger partial charge in [-0.15, -0.1) is 4.40 Å². The zero-order chi connectivity index (χ0) is 17.2. The number of carbonyl (C=O) groups is 1. The fourth-order valence-electron chi connectivity index (χ4n) is 3.33. The van der Waals surface area contributed by atoms with Gasteiger partial charge in [-0.2, -0.15) is 8.42 Å². The van der Waals surface area contributed by atoms with Crippen molar-refractivity contribution in [1.29, 1.82) is 0 Å². The second kappa shape index (κ2) is 6.93. The second-order valence-electron chi connectivity index (χ2n) is 6.70. The second-order valence-corrected chi connectivity index (χ2v) is 8.27. The molecular formula is C17H23N3O3S. The van der Waals surface area contributed by atoms with E-state index in [0.717, 1.165) is 12.8 Å². The van der Waals surface area contributed by atoms with Crippen molar-refractivity contribution < 1.29 is 13.2 Å². The largest absolute Gasteiger partial charge is 0.353 e. The first-order valence-corrected chi connectivity index (χ1v) is 9.87. The van der Waals surface area contributed by atoms with Gasteiger partial charge in [0.1, 0.15) is 10.7 Å². The number of para-hydroxylation sites is 1. The van der Waals surface area contributed by atoms with Gasteiger partial charge < -0.3 is 10.6 Å². The van der Waals surface area contributed by atoms with Gasteiger partial charge in [-0.1, -0.05) is 31.9 Å². The van der Waals surface area contributed by atoms with Gasteiger partial charge in [0.2, 0.25) is 5.91 Å². The van der Waals surface area contributed by atoms with Crippen molar-refractivity contribution in [3.05, 3.63) is 24.3 Å². The van der Waals surface area contributed by atoms with Crippen LogP contribution in [0.4, 0.5) is 5.69 Å². The summed E-state index contributed by atoms with van der Waals surface area (Å²) in [6.45, 7) is 1.94. The van der Waals surface area contributed by atoms with E-state index in [1.54, 1.807) is 18.2 Å². The number of hydrogen-bond donors (Lipinski definition) is 2. The predicted octanol–water partition coefficient (Wildman–Crippen LogP) is 2.67. The summed E-state index contributed by atoms with van der Waals surface area (Å²) in [5.41, 5.74) is 0.546. The molecule has 0 bridgehead atoms. The summed E-state index contributed by atoms with van der Waals surface area (Å²) in [4.78, 5) is 12.3. The van der Waals surface area contributed by atoms with Crippen molar-refractivity contribution in [2.75, 3.05) is 5.32 Å². The molecule has 1 aliphatic carbocycles. The third-order valence-corrected chi connectivity index (χ3v) is 5.84. The van der Waals surface area contributed by atoms with Gasteiger partial charge in [-0.05, 0) is 30.9 Å². The molecule has 1 fully saturated rings. The lowest BCUT2D eigenvalue weighted by molar-refractivity contribution is -0.122. The van der Waals surface area contributed by atoms with Crippen molar-refractivity contribution in [2.45, 2.75) is 56.4 Å². The van der Waals surface area contributed by atoms with E-state index in [4.69, 9.17) is 0 Å². The summed E-state index contributed by atoms with van der Waals surface area (Å²) in [6.07, 6.45) is 5.27. The van der Waals surface area contributed by atoms with Gasteiger partial charge in [0.15, 0.2) is 0 Å². The van der Waals surface area contributed by atoms with E-state index in [1.165, 1.54) is 18.9 Å². The molecule has 2 N–H and O–H groups in total. The number of hydrogen-bond acceptors (Lipinski definition) is 4. The van der Waals surface area contributed by atoms with Crippen molar-refractivity contribution >= 4 is 27.5 Å². The Morgan fingerprint density at radius 2 is 2.04 bits per heavy atom. The van der Waals surface area contributed by atoms with E-state index in [-0.39, 0.29) is 16.7 Å².